The normalized spacial score (nSPS) is 22.4. The average molecular weight is 374 g/mol. The fraction of sp³-hybridized carbons (Fsp3) is 0.500. The molecule has 0 aromatic heterocycles. The maximum Gasteiger partial charge on any atom is 0.251 e. The highest BCUT2D eigenvalue weighted by atomic mass is 127. The van der Waals surface area contributed by atoms with Crippen LogP contribution in [-0.2, 0) is 0 Å². The number of rotatable bonds is 4. The average Bonchev–Trinajstić information content (AvgIpc) is 2.80. The summed E-state index contributed by atoms with van der Waals surface area (Å²) in [5, 5.41) is 12.7. The molecule has 1 saturated carbocycles. The van der Waals surface area contributed by atoms with Gasteiger partial charge in [-0.25, -0.2) is 0 Å². The third kappa shape index (κ3) is 3.82. The number of hydrogen-bond donors (Lipinski definition) is 3. The molecule has 1 aromatic carbocycles. The summed E-state index contributed by atoms with van der Waals surface area (Å²) < 4.78 is 0.748. The largest absolute Gasteiger partial charge is 0.507 e. The van der Waals surface area contributed by atoms with E-state index in [-0.39, 0.29) is 17.7 Å². The Morgan fingerprint density at radius 2 is 2.26 bits per heavy atom. The van der Waals surface area contributed by atoms with Gasteiger partial charge in [-0.2, -0.15) is 0 Å². The van der Waals surface area contributed by atoms with Crippen LogP contribution in [0.25, 0.3) is 0 Å². The molecule has 0 bridgehead atoms. The summed E-state index contributed by atoms with van der Waals surface area (Å²) >= 11 is 2.03. The smallest absolute Gasteiger partial charge is 0.251 e. The van der Waals surface area contributed by atoms with Crippen molar-refractivity contribution in [1.29, 1.82) is 0 Å². The zero-order valence-corrected chi connectivity index (χ0v) is 12.9. The molecule has 2 unspecified atom stereocenters. The van der Waals surface area contributed by atoms with Crippen LogP contribution in [0.1, 0.15) is 36.0 Å². The lowest BCUT2D eigenvalue weighted by Gasteiger charge is -2.13. The van der Waals surface area contributed by atoms with Crippen molar-refractivity contribution in [2.45, 2.75) is 31.7 Å². The maximum absolute atomic E-state index is 12.1. The number of phenolic OH excluding ortho intramolecular Hbond substituents is 1. The molecule has 5 heteroatoms. The number of halogens is 1. The molecule has 4 N–H and O–H groups in total. The van der Waals surface area contributed by atoms with Gasteiger partial charge in [0.1, 0.15) is 5.75 Å². The highest BCUT2D eigenvalue weighted by Crippen LogP contribution is 2.28. The fourth-order valence-corrected chi connectivity index (χ4v) is 2.96. The van der Waals surface area contributed by atoms with Crippen molar-refractivity contribution in [2.75, 3.05) is 6.54 Å². The van der Waals surface area contributed by atoms with Gasteiger partial charge in [-0.3, -0.25) is 4.79 Å². The topological polar surface area (TPSA) is 75.3 Å². The number of carbonyl (C=O) groups is 1. The van der Waals surface area contributed by atoms with E-state index >= 15 is 0 Å². The number of nitrogens with two attached hydrogens (primary N) is 1. The zero-order valence-electron chi connectivity index (χ0n) is 10.7. The molecule has 1 amide bonds. The first kappa shape index (κ1) is 14.6. The predicted molar refractivity (Wildman–Crippen MR) is 83.1 cm³/mol. The molecular formula is C14H19IN2O2. The van der Waals surface area contributed by atoms with Crippen molar-refractivity contribution < 1.29 is 9.90 Å². The van der Waals surface area contributed by atoms with E-state index in [4.69, 9.17) is 5.73 Å². The second kappa shape index (κ2) is 6.56. The Morgan fingerprint density at radius 1 is 1.47 bits per heavy atom. The molecule has 0 heterocycles. The molecule has 1 aromatic rings. The van der Waals surface area contributed by atoms with Crippen molar-refractivity contribution in [3.8, 4) is 5.75 Å². The zero-order chi connectivity index (χ0) is 13.8. The minimum atomic E-state index is -0.106. The molecule has 1 aliphatic carbocycles. The number of hydrogen-bond acceptors (Lipinski definition) is 3. The minimum absolute atomic E-state index is 0.106. The maximum atomic E-state index is 12.1. The Balaban J connectivity index is 1.92. The molecular weight excluding hydrogens is 355 g/mol. The summed E-state index contributed by atoms with van der Waals surface area (Å²) in [6, 6.07) is 5.24. The predicted octanol–water partition coefficient (Wildman–Crippen LogP) is 2.24. The molecule has 1 fully saturated rings. The van der Waals surface area contributed by atoms with Gasteiger partial charge in [-0.05, 0) is 78.9 Å². The summed E-state index contributed by atoms with van der Waals surface area (Å²) in [7, 11) is 0. The molecule has 104 valence electrons. The molecule has 1 aliphatic rings. The van der Waals surface area contributed by atoms with E-state index in [1.807, 2.05) is 22.6 Å². The first-order valence-electron chi connectivity index (χ1n) is 6.59. The first-order chi connectivity index (χ1) is 9.10. The van der Waals surface area contributed by atoms with E-state index in [0.29, 0.717) is 11.5 Å². The summed E-state index contributed by atoms with van der Waals surface area (Å²) in [5.41, 5.74) is 6.08. The quantitative estimate of drug-likeness (QED) is 0.708. The van der Waals surface area contributed by atoms with Gasteiger partial charge >= 0.3 is 0 Å². The summed E-state index contributed by atoms with van der Waals surface area (Å²) in [6.07, 6.45) is 4.21. The van der Waals surface area contributed by atoms with Crippen molar-refractivity contribution in [2.24, 2.45) is 11.7 Å². The first-order valence-corrected chi connectivity index (χ1v) is 7.67. The highest BCUT2D eigenvalue weighted by molar-refractivity contribution is 14.1. The van der Waals surface area contributed by atoms with Gasteiger partial charge in [-0.1, -0.05) is 0 Å². The van der Waals surface area contributed by atoms with Crippen molar-refractivity contribution in [1.82, 2.24) is 5.32 Å². The summed E-state index contributed by atoms with van der Waals surface area (Å²) in [4.78, 5) is 12.1. The van der Waals surface area contributed by atoms with Crippen molar-refractivity contribution in [3.05, 3.63) is 27.3 Å². The molecule has 2 atom stereocenters. The molecule has 4 nitrogen and oxygen atoms in total. The van der Waals surface area contributed by atoms with E-state index in [1.54, 1.807) is 12.1 Å². The van der Waals surface area contributed by atoms with Crippen LogP contribution in [0.15, 0.2) is 18.2 Å². The van der Waals surface area contributed by atoms with E-state index < -0.39 is 0 Å². The monoisotopic (exact) mass is 374 g/mol. The molecule has 0 saturated heterocycles. The number of carbonyl (C=O) groups excluding carboxylic acids is 1. The second-order valence-electron chi connectivity index (χ2n) is 5.09. The number of aromatic hydroxyl groups is 1. The van der Waals surface area contributed by atoms with Crippen LogP contribution in [0.5, 0.6) is 5.75 Å². The SMILES string of the molecule is NCCC1CCC(NC(=O)c2ccc(I)c(O)c2)C1. The number of amides is 1. The Morgan fingerprint density at radius 3 is 2.95 bits per heavy atom. The summed E-state index contributed by atoms with van der Waals surface area (Å²) in [6.45, 7) is 0.719. The van der Waals surface area contributed by atoms with Gasteiger partial charge in [0, 0.05) is 11.6 Å². The molecule has 2 rings (SSSR count). The van der Waals surface area contributed by atoms with Crippen LogP contribution in [0, 0.1) is 9.49 Å². The lowest BCUT2D eigenvalue weighted by atomic mass is 10.0. The van der Waals surface area contributed by atoms with Gasteiger partial charge in [0.05, 0.1) is 3.57 Å². The van der Waals surface area contributed by atoms with E-state index in [0.717, 1.165) is 35.8 Å². The van der Waals surface area contributed by atoms with Crippen molar-refractivity contribution >= 4 is 28.5 Å². The standard InChI is InChI=1S/C14H19IN2O2/c15-12-4-2-10(8-13(12)18)14(19)17-11-3-1-9(7-11)5-6-16/h2,4,8-9,11,18H,1,3,5-7,16H2,(H,17,19). The van der Waals surface area contributed by atoms with Gasteiger partial charge in [0.25, 0.3) is 5.91 Å². The fourth-order valence-electron chi connectivity index (χ4n) is 2.63. The van der Waals surface area contributed by atoms with Crippen molar-refractivity contribution in [3.63, 3.8) is 0 Å². The number of nitrogens with one attached hydrogen (secondary N) is 1. The molecule has 0 spiro atoms. The Hall–Kier alpha value is -0.820. The van der Waals surface area contributed by atoms with Crippen LogP contribution in [0.3, 0.4) is 0 Å². The van der Waals surface area contributed by atoms with Crippen LogP contribution in [0.4, 0.5) is 0 Å². The molecule has 0 radical (unpaired) electrons. The number of phenols is 1. The highest BCUT2D eigenvalue weighted by Gasteiger charge is 2.25. The Bertz CT molecular complexity index is 465. The van der Waals surface area contributed by atoms with Gasteiger partial charge < -0.3 is 16.2 Å². The third-order valence-corrected chi connectivity index (χ3v) is 4.57. The van der Waals surface area contributed by atoms with Crippen LogP contribution < -0.4 is 11.1 Å². The van der Waals surface area contributed by atoms with Crippen LogP contribution in [0.2, 0.25) is 0 Å². The number of benzene rings is 1. The molecule has 19 heavy (non-hydrogen) atoms. The minimum Gasteiger partial charge on any atom is -0.507 e. The van der Waals surface area contributed by atoms with Crippen LogP contribution >= 0.6 is 22.6 Å². The Kier molecular flexibility index (Phi) is 5.04. The van der Waals surface area contributed by atoms with E-state index in [9.17, 15) is 9.90 Å². The second-order valence-corrected chi connectivity index (χ2v) is 6.26. The van der Waals surface area contributed by atoms with E-state index in [2.05, 4.69) is 5.32 Å². The van der Waals surface area contributed by atoms with Gasteiger partial charge in [-0.15, -0.1) is 0 Å². The summed E-state index contributed by atoms with van der Waals surface area (Å²) in [5.74, 6) is 0.686. The lowest BCUT2D eigenvalue weighted by Crippen LogP contribution is -2.33. The van der Waals surface area contributed by atoms with Gasteiger partial charge in [0.15, 0.2) is 0 Å². The van der Waals surface area contributed by atoms with E-state index in [1.165, 1.54) is 6.07 Å². The lowest BCUT2D eigenvalue weighted by molar-refractivity contribution is 0.0936. The van der Waals surface area contributed by atoms with Gasteiger partial charge in [0.2, 0.25) is 0 Å². The Labute approximate surface area is 126 Å². The van der Waals surface area contributed by atoms with Crippen LogP contribution in [-0.4, -0.2) is 23.6 Å². The molecule has 0 aliphatic heterocycles. The third-order valence-electron chi connectivity index (χ3n) is 3.66.